The van der Waals surface area contributed by atoms with Crippen LogP contribution in [-0.2, 0) is 12.1 Å². The van der Waals surface area contributed by atoms with E-state index < -0.39 is 5.60 Å². The lowest BCUT2D eigenvalue weighted by Gasteiger charge is -2.25. The number of aryl methyl sites for hydroxylation is 1. The van der Waals surface area contributed by atoms with Crippen molar-refractivity contribution in [2.75, 3.05) is 0 Å². The molecule has 1 atom stereocenters. The predicted octanol–water partition coefficient (Wildman–Crippen LogP) is 2.60. The van der Waals surface area contributed by atoms with Crippen LogP contribution >= 0.6 is 11.6 Å². The third kappa shape index (κ3) is 2.26. The van der Waals surface area contributed by atoms with Crippen LogP contribution in [0.4, 0.5) is 0 Å². The molecule has 0 aliphatic heterocycles. The molecule has 2 aromatic heterocycles. The van der Waals surface area contributed by atoms with Crippen LogP contribution in [0, 0.1) is 0 Å². The molecule has 4 nitrogen and oxygen atoms in total. The smallest absolute Gasteiger partial charge is 0.131 e. The van der Waals surface area contributed by atoms with Gasteiger partial charge in [0.05, 0.1) is 16.9 Å². The zero-order valence-corrected chi connectivity index (χ0v) is 11.2. The van der Waals surface area contributed by atoms with Crippen LogP contribution in [0.1, 0.15) is 31.5 Å². The van der Waals surface area contributed by atoms with Crippen molar-refractivity contribution >= 4 is 11.6 Å². The van der Waals surface area contributed by atoms with E-state index in [1.165, 1.54) is 0 Å². The van der Waals surface area contributed by atoms with Crippen LogP contribution in [0.3, 0.4) is 0 Å². The number of rotatable bonds is 4. The van der Waals surface area contributed by atoms with Crippen LogP contribution < -0.4 is 0 Å². The number of aliphatic hydroxyl groups is 1. The van der Waals surface area contributed by atoms with E-state index in [1.54, 1.807) is 36.3 Å². The summed E-state index contributed by atoms with van der Waals surface area (Å²) in [6, 6.07) is 3.62. The highest BCUT2D eigenvalue weighted by molar-refractivity contribution is 6.31. The molecule has 0 amide bonds. The van der Waals surface area contributed by atoms with E-state index in [0.29, 0.717) is 16.3 Å². The third-order valence-corrected chi connectivity index (χ3v) is 3.19. The summed E-state index contributed by atoms with van der Waals surface area (Å²) in [7, 11) is 0. The lowest BCUT2D eigenvalue weighted by atomic mass is 9.94. The van der Waals surface area contributed by atoms with Gasteiger partial charge in [0.15, 0.2) is 0 Å². The van der Waals surface area contributed by atoms with Gasteiger partial charge in [-0.05, 0) is 19.4 Å². The van der Waals surface area contributed by atoms with E-state index >= 15 is 0 Å². The second-order valence-corrected chi connectivity index (χ2v) is 4.79. The Morgan fingerprint density at radius 3 is 2.83 bits per heavy atom. The first-order valence-corrected chi connectivity index (χ1v) is 6.29. The highest BCUT2D eigenvalue weighted by Gasteiger charge is 2.32. The first kappa shape index (κ1) is 13.1. The molecule has 1 N–H and O–H groups in total. The summed E-state index contributed by atoms with van der Waals surface area (Å²) >= 11 is 6.15. The Labute approximate surface area is 111 Å². The molecule has 0 saturated heterocycles. The van der Waals surface area contributed by atoms with Gasteiger partial charge >= 0.3 is 0 Å². The van der Waals surface area contributed by atoms with Crippen LogP contribution in [0.25, 0.3) is 0 Å². The molecule has 0 saturated carbocycles. The van der Waals surface area contributed by atoms with Gasteiger partial charge in [0, 0.05) is 24.5 Å². The average molecular weight is 266 g/mol. The number of halogens is 1. The van der Waals surface area contributed by atoms with Crippen molar-refractivity contribution in [1.82, 2.24) is 14.8 Å². The Bertz CT molecular complexity index is 522. The molecule has 18 heavy (non-hydrogen) atoms. The normalized spacial score (nSPS) is 14.4. The summed E-state index contributed by atoms with van der Waals surface area (Å²) < 4.78 is 1.75. The van der Waals surface area contributed by atoms with Gasteiger partial charge in [0.25, 0.3) is 0 Å². The first-order valence-electron chi connectivity index (χ1n) is 5.92. The van der Waals surface area contributed by atoms with Gasteiger partial charge in [-0.1, -0.05) is 24.6 Å². The van der Waals surface area contributed by atoms with Gasteiger partial charge in [-0.15, -0.1) is 0 Å². The Kier molecular flexibility index (Phi) is 3.68. The second-order valence-electron chi connectivity index (χ2n) is 4.38. The van der Waals surface area contributed by atoms with E-state index in [0.717, 1.165) is 13.0 Å². The molecule has 0 radical (unpaired) electrons. The van der Waals surface area contributed by atoms with Gasteiger partial charge in [-0.3, -0.25) is 9.67 Å². The highest BCUT2D eigenvalue weighted by atomic mass is 35.5. The fraction of sp³-hybridized carbons (Fsp3) is 0.385. The fourth-order valence-corrected chi connectivity index (χ4v) is 2.34. The minimum Gasteiger partial charge on any atom is -0.379 e. The van der Waals surface area contributed by atoms with E-state index in [-0.39, 0.29) is 0 Å². The zero-order chi connectivity index (χ0) is 13.2. The van der Waals surface area contributed by atoms with Crippen LogP contribution in [-0.4, -0.2) is 19.9 Å². The summed E-state index contributed by atoms with van der Waals surface area (Å²) in [5.41, 5.74) is 0.112. The maximum atomic E-state index is 10.7. The van der Waals surface area contributed by atoms with Crippen molar-refractivity contribution in [3.05, 3.63) is 47.0 Å². The van der Waals surface area contributed by atoms with Gasteiger partial charge in [-0.25, -0.2) is 0 Å². The summed E-state index contributed by atoms with van der Waals surface area (Å²) in [5.74, 6) is 0. The first-order chi connectivity index (χ1) is 8.57. The fourth-order valence-electron chi connectivity index (χ4n) is 2.02. The van der Waals surface area contributed by atoms with Gasteiger partial charge in [0.1, 0.15) is 5.60 Å². The average Bonchev–Trinajstić information content (AvgIpc) is 2.73. The van der Waals surface area contributed by atoms with E-state index in [9.17, 15) is 5.11 Å². The number of hydrogen-bond donors (Lipinski definition) is 1. The number of nitrogens with zero attached hydrogens (tertiary/aromatic N) is 3. The van der Waals surface area contributed by atoms with Crippen LogP contribution in [0.5, 0.6) is 0 Å². The molecule has 0 fully saturated rings. The van der Waals surface area contributed by atoms with E-state index in [2.05, 4.69) is 17.0 Å². The zero-order valence-electron chi connectivity index (χ0n) is 10.5. The van der Waals surface area contributed by atoms with Gasteiger partial charge in [-0.2, -0.15) is 5.10 Å². The van der Waals surface area contributed by atoms with Crippen LogP contribution in [0.2, 0.25) is 5.02 Å². The molecular formula is C13H16ClN3O. The van der Waals surface area contributed by atoms with Crippen molar-refractivity contribution in [2.45, 2.75) is 32.4 Å². The maximum Gasteiger partial charge on any atom is 0.131 e. The molecule has 0 aliphatic rings. The van der Waals surface area contributed by atoms with Crippen molar-refractivity contribution in [3.8, 4) is 0 Å². The quantitative estimate of drug-likeness (QED) is 0.924. The number of pyridine rings is 1. The monoisotopic (exact) mass is 265 g/mol. The molecular weight excluding hydrogens is 250 g/mol. The molecule has 2 rings (SSSR count). The summed E-state index contributed by atoms with van der Waals surface area (Å²) in [5, 5.41) is 15.4. The van der Waals surface area contributed by atoms with Crippen molar-refractivity contribution in [2.24, 2.45) is 0 Å². The summed E-state index contributed by atoms with van der Waals surface area (Å²) in [6.45, 7) is 4.48. The minimum absolute atomic E-state index is 0.470. The SMILES string of the molecule is CCCn1ncc(Cl)c1C(C)(O)c1cccnc1. The minimum atomic E-state index is -1.20. The van der Waals surface area contributed by atoms with Crippen molar-refractivity contribution < 1.29 is 5.11 Å². The largest absolute Gasteiger partial charge is 0.379 e. The number of hydrogen-bond acceptors (Lipinski definition) is 3. The molecule has 0 aromatic carbocycles. The maximum absolute atomic E-state index is 10.7. The third-order valence-electron chi connectivity index (χ3n) is 2.91. The standard InChI is InChI=1S/C13H16ClN3O/c1-3-7-17-12(11(14)9-16-17)13(2,18)10-5-4-6-15-8-10/h4-6,8-9,18H,3,7H2,1-2H3. The molecule has 5 heteroatoms. The van der Waals surface area contributed by atoms with Crippen molar-refractivity contribution in [1.29, 1.82) is 0 Å². The van der Waals surface area contributed by atoms with E-state index in [4.69, 9.17) is 11.6 Å². The topological polar surface area (TPSA) is 50.9 Å². The van der Waals surface area contributed by atoms with Crippen molar-refractivity contribution in [3.63, 3.8) is 0 Å². The molecule has 2 aromatic rings. The lowest BCUT2D eigenvalue weighted by molar-refractivity contribution is 0.0911. The molecule has 2 heterocycles. The molecule has 0 spiro atoms. The van der Waals surface area contributed by atoms with Crippen LogP contribution in [0.15, 0.2) is 30.7 Å². The summed E-state index contributed by atoms with van der Waals surface area (Å²) in [6.07, 6.45) is 5.80. The Morgan fingerprint density at radius 2 is 2.22 bits per heavy atom. The summed E-state index contributed by atoms with van der Waals surface area (Å²) in [4.78, 5) is 4.03. The highest BCUT2D eigenvalue weighted by Crippen LogP contribution is 2.33. The molecule has 0 aliphatic carbocycles. The predicted molar refractivity (Wildman–Crippen MR) is 70.4 cm³/mol. The molecule has 0 bridgehead atoms. The Hall–Kier alpha value is -1.39. The Balaban J connectivity index is 2.50. The lowest BCUT2D eigenvalue weighted by Crippen LogP contribution is -2.27. The Morgan fingerprint density at radius 1 is 1.44 bits per heavy atom. The molecule has 1 unspecified atom stereocenters. The van der Waals surface area contributed by atoms with Gasteiger partial charge in [0.2, 0.25) is 0 Å². The van der Waals surface area contributed by atoms with Gasteiger partial charge < -0.3 is 5.11 Å². The molecule has 96 valence electrons. The van der Waals surface area contributed by atoms with E-state index in [1.807, 2.05) is 6.07 Å². The second kappa shape index (κ2) is 5.08. The number of aromatic nitrogens is 3.